The van der Waals surface area contributed by atoms with Crippen molar-refractivity contribution < 1.29 is 14.7 Å². The highest BCUT2D eigenvalue weighted by molar-refractivity contribution is 5.80. The Labute approximate surface area is 121 Å². The zero-order chi connectivity index (χ0) is 15.1. The molecule has 1 N–H and O–H groups in total. The van der Waals surface area contributed by atoms with E-state index in [0.717, 1.165) is 25.7 Å². The number of aliphatic hydroxyl groups is 1. The molecule has 0 radical (unpaired) electrons. The van der Waals surface area contributed by atoms with Gasteiger partial charge in [-0.1, -0.05) is 13.8 Å². The van der Waals surface area contributed by atoms with Gasteiger partial charge in [-0.3, -0.25) is 9.59 Å². The van der Waals surface area contributed by atoms with Crippen molar-refractivity contribution in [2.45, 2.75) is 52.5 Å². The van der Waals surface area contributed by atoms with Gasteiger partial charge in [-0.15, -0.1) is 0 Å². The molecule has 0 aromatic rings. The Morgan fingerprint density at radius 2 is 1.80 bits per heavy atom. The molecule has 2 amide bonds. The van der Waals surface area contributed by atoms with Crippen molar-refractivity contribution in [3.05, 3.63) is 0 Å². The number of amides is 2. The average molecular weight is 284 g/mol. The standard InChI is InChI=1S/C15H28N2O3/c1-4-14(5-2)17(10-11-18)15(20)13-6-8-16(9-7-13)12(3)19/h13-14,18H,4-11H2,1-3H3. The fourth-order valence-electron chi connectivity index (χ4n) is 2.99. The Morgan fingerprint density at radius 1 is 1.25 bits per heavy atom. The minimum Gasteiger partial charge on any atom is -0.395 e. The lowest BCUT2D eigenvalue weighted by Crippen LogP contribution is -2.48. The molecule has 0 aromatic carbocycles. The van der Waals surface area contributed by atoms with Crippen LogP contribution < -0.4 is 0 Å². The lowest BCUT2D eigenvalue weighted by Gasteiger charge is -2.36. The molecule has 20 heavy (non-hydrogen) atoms. The van der Waals surface area contributed by atoms with Gasteiger partial charge in [0.1, 0.15) is 0 Å². The monoisotopic (exact) mass is 284 g/mol. The molecule has 116 valence electrons. The first-order valence-corrected chi connectivity index (χ1v) is 7.71. The summed E-state index contributed by atoms with van der Waals surface area (Å²) in [6, 6.07) is 0.209. The van der Waals surface area contributed by atoms with Crippen LogP contribution in [-0.4, -0.2) is 59.0 Å². The highest BCUT2D eigenvalue weighted by Gasteiger charge is 2.31. The number of aliphatic hydroxyl groups excluding tert-OH is 1. The van der Waals surface area contributed by atoms with Crippen LogP contribution >= 0.6 is 0 Å². The fraction of sp³-hybridized carbons (Fsp3) is 0.867. The highest BCUT2D eigenvalue weighted by atomic mass is 16.3. The van der Waals surface area contributed by atoms with Crippen LogP contribution in [0.1, 0.15) is 46.5 Å². The average Bonchev–Trinajstić information content (AvgIpc) is 2.47. The number of carbonyl (C=O) groups excluding carboxylic acids is 2. The molecule has 1 heterocycles. The van der Waals surface area contributed by atoms with Crippen molar-refractivity contribution in [2.24, 2.45) is 5.92 Å². The van der Waals surface area contributed by atoms with Crippen molar-refractivity contribution in [1.82, 2.24) is 9.80 Å². The molecule has 1 rings (SSSR count). The minimum absolute atomic E-state index is 0.00208. The Balaban J connectivity index is 2.64. The highest BCUT2D eigenvalue weighted by Crippen LogP contribution is 2.22. The molecular formula is C15H28N2O3. The van der Waals surface area contributed by atoms with Crippen LogP contribution in [0.4, 0.5) is 0 Å². The van der Waals surface area contributed by atoms with Crippen molar-refractivity contribution in [3.63, 3.8) is 0 Å². The normalized spacial score (nSPS) is 16.6. The van der Waals surface area contributed by atoms with E-state index in [1.807, 2.05) is 4.90 Å². The summed E-state index contributed by atoms with van der Waals surface area (Å²) in [7, 11) is 0. The van der Waals surface area contributed by atoms with E-state index < -0.39 is 0 Å². The van der Waals surface area contributed by atoms with E-state index in [1.165, 1.54) is 0 Å². The third-order valence-electron chi connectivity index (χ3n) is 4.30. The fourth-order valence-corrected chi connectivity index (χ4v) is 2.99. The smallest absolute Gasteiger partial charge is 0.226 e. The molecule has 1 aliphatic heterocycles. The van der Waals surface area contributed by atoms with E-state index in [9.17, 15) is 14.7 Å². The van der Waals surface area contributed by atoms with Crippen molar-refractivity contribution in [1.29, 1.82) is 0 Å². The largest absolute Gasteiger partial charge is 0.395 e. The van der Waals surface area contributed by atoms with Crippen molar-refractivity contribution >= 4 is 11.8 Å². The Morgan fingerprint density at radius 3 is 2.20 bits per heavy atom. The predicted molar refractivity (Wildman–Crippen MR) is 78.1 cm³/mol. The number of hydrogen-bond donors (Lipinski definition) is 1. The van der Waals surface area contributed by atoms with Gasteiger partial charge in [-0.2, -0.15) is 0 Å². The summed E-state index contributed by atoms with van der Waals surface area (Å²) in [6.07, 6.45) is 3.30. The molecule has 0 aromatic heterocycles. The lowest BCUT2D eigenvalue weighted by molar-refractivity contribution is -0.142. The first-order chi connectivity index (χ1) is 9.54. The Hall–Kier alpha value is -1.10. The van der Waals surface area contributed by atoms with E-state index >= 15 is 0 Å². The molecule has 1 saturated heterocycles. The maximum atomic E-state index is 12.6. The number of nitrogens with zero attached hydrogens (tertiary/aromatic N) is 2. The van der Waals surface area contributed by atoms with E-state index in [2.05, 4.69) is 13.8 Å². The molecule has 0 aliphatic carbocycles. The van der Waals surface area contributed by atoms with E-state index in [-0.39, 0.29) is 30.4 Å². The summed E-state index contributed by atoms with van der Waals surface area (Å²) in [5.41, 5.74) is 0. The molecule has 5 heteroatoms. The topological polar surface area (TPSA) is 60.9 Å². The molecular weight excluding hydrogens is 256 g/mol. The second kappa shape index (κ2) is 8.25. The summed E-state index contributed by atoms with van der Waals surface area (Å²) in [4.78, 5) is 27.6. The number of carbonyl (C=O) groups is 2. The van der Waals surface area contributed by atoms with Crippen LogP contribution in [0.5, 0.6) is 0 Å². The van der Waals surface area contributed by atoms with Crippen molar-refractivity contribution in [2.75, 3.05) is 26.2 Å². The van der Waals surface area contributed by atoms with Crippen LogP contribution in [0.2, 0.25) is 0 Å². The Kier molecular flexibility index (Phi) is 6.99. The zero-order valence-corrected chi connectivity index (χ0v) is 13.0. The van der Waals surface area contributed by atoms with E-state index in [0.29, 0.717) is 19.6 Å². The number of hydrogen-bond acceptors (Lipinski definition) is 3. The minimum atomic E-state index is -0.00208. The summed E-state index contributed by atoms with van der Waals surface area (Å²) in [6.45, 7) is 7.48. The van der Waals surface area contributed by atoms with Gasteiger partial charge in [-0.05, 0) is 25.7 Å². The van der Waals surface area contributed by atoms with Gasteiger partial charge in [0.2, 0.25) is 11.8 Å². The summed E-state index contributed by atoms with van der Waals surface area (Å²) >= 11 is 0. The first-order valence-electron chi connectivity index (χ1n) is 7.71. The Bertz CT molecular complexity index is 321. The summed E-state index contributed by atoms with van der Waals surface area (Å²) in [5.74, 6) is 0.233. The molecule has 1 aliphatic rings. The molecule has 0 bridgehead atoms. The molecule has 5 nitrogen and oxygen atoms in total. The number of rotatable bonds is 6. The third kappa shape index (κ3) is 4.20. The van der Waals surface area contributed by atoms with Gasteiger partial charge in [0.05, 0.1) is 6.61 Å². The number of piperidine rings is 1. The van der Waals surface area contributed by atoms with Gasteiger partial charge in [0, 0.05) is 38.5 Å². The van der Waals surface area contributed by atoms with E-state index in [4.69, 9.17) is 0 Å². The van der Waals surface area contributed by atoms with Gasteiger partial charge in [0.15, 0.2) is 0 Å². The van der Waals surface area contributed by atoms with Crippen LogP contribution in [0.25, 0.3) is 0 Å². The van der Waals surface area contributed by atoms with Crippen LogP contribution in [-0.2, 0) is 9.59 Å². The summed E-state index contributed by atoms with van der Waals surface area (Å²) in [5, 5.41) is 9.19. The third-order valence-corrected chi connectivity index (χ3v) is 4.30. The first kappa shape index (κ1) is 17.0. The molecule has 0 unspecified atom stereocenters. The maximum absolute atomic E-state index is 12.6. The van der Waals surface area contributed by atoms with Gasteiger partial charge < -0.3 is 14.9 Å². The predicted octanol–water partition coefficient (Wildman–Crippen LogP) is 1.25. The second-order valence-electron chi connectivity index (χ2n) is 5.51. The molecule has 0 saturated carbocycles. The lowest BCUT2D eigenvalue weighted by atomic mass is 9.94. The quantitative estimate of drug-likeness (QED) is 0.798. The van der Waals surface area contributed by atoms with Crippen LogP contribution in [0.15, 0.2) is 0 Å². The van der Waals surface area contributed by atoms with Gasteiger partial charge in [-0.25, -0.2) is 0 Å². The summed E-state index contributed by atoms with van der Waals surface area (Å²) < 4.78 is 0. The second-order valence-corrected chi connectivity index (χ2v) is 5.51. The van der Waals surface area contributed by atoms with Gasteiger partial charge in [0.25, 0.3) is 0 Å². The van der Waals surface area contributed by atoms with Crippen LogP contribution in [0.3, 0.4) is 0 Å². The maximum Gasteiger partial charge on any atom is 0.226 e. The van der Waals surface area contributed by atoms with Crippen molar-refractivity contribution in [3.8, 4) is 0 Å². The van der Waals surface area contributed by atoms with E-state index in [1.54, 1.807) is 11.8 Å². The zero-order valence-electron chi connectivity index (χ0n) is 13.0. The SMILES string of the molecule is CCC(CC)N(CCO)C(=O)C1CCN(C(C)=O)CC1. The molecule has 1 fully saturated rings. The van der Waals surface area contributed by atoms with Gasteiger partial charge >= 0.3 is 0 Å². The molecule has 0 spiro atoms. The molecule has 0 atom stereocenters. The number of likely N-dealkylation sites (tertiary alicyclic amines) is 1. The van der Waals surface area contributed by atoms with Crippen LogP contribution in [0, 0.1) is 5.92 Å².